The molecule has 8 heteroatoms. The predicted octanol–water partition coefficient (Wildman–Crippen LogP) is 3.05. The molecule has 5 rings (SSSR count). The highest BCUT2D eigenvalue weighted by molar-refractivity contribution is 5.90. The number of nitrogens with one attached hydrogen (secondary N) is 1. The number of benzene rings is 2. The average Bonchev–Trinajstić information content (AvgIpc) is 2.91. The summed E-state index contributed by atoms with van der Waals surface area (Å²) in [6.45, 7) is 0.854. The molecule has 0 atom stereocenters. The fourth-order valence-electron chi connectivity index (χ4n) is 4.65. The highest BCUT2D eigenvalue weighted by Gasteiger charge is 2.34. The highest BCUT2D eigenvalue weighted by atomic mass is 16.5. The number of hydrogen-bond acceptors (Lipinski definition) is 7. The van der Waals surface area contributed by atoms with E-state index in [1.54, 1.807) is 4.90 Å². The van der Waals surface area contributed by atoms with E-state index in [0.717, 1.165) is 46.2 Å². The van der Waals surface area contributed by atoms with Crippen LogP contribution in [0.15, 0.2) is 66.9 Å². The standard InChI is InChI=1S/C28H30N6O2/c1-36-24(35)18-34(15-14-29)27-31-17-21-16-23(19-6-3-2-4-7-19)25(32-26(21)33-27)20-8-10-22(11-9-20)28(30)12-5-13-28/h2-4,6-11,16-17H,5,12-15,18,29-30H2,1H3/p+1. The molecule has 0 radical (unpaired) electrons. The number of anilines is 1. The van der Waals surface area contributed by atoms with Crippen LogP contribution in [-0.4, -0.2) is 42.7 Å². The van der Waals surface area contributed by atoms with Gasteiger partial charge in [-0.05, 0) is 36.5 Å². The third kappa shape index (κ3) is 4.65. The summed E-state index contributed by atoms with van der Waals surface area (Å²) in [5, 5.41) is 0.860. The fourth-order valence-corrected chi connectivity index (χ4v) is 4.65. The smallest absolute Gasteiger partial charge is 0.394 e. The SMILES string of the molecule is COC(=O)CN(CCN)c1nc2nc(-c3ccc(C4(N)CCC4)cc3)c(-c3ccccc3)cc2c[nH+]1. The van der Waals surface area contributed by atoms with Crippen molar-refractivity contribution in [3.05, 3.63) is 72.4 Å². The Hall–Kier alpha value is -3.88. The van der Waals surface area contributed by atoms with Crippen molar-refractivity contribution in [2.24, 2.45) is 11.5 Å². The average molecular weight is 484 g/mol. The molecule has 1 aliphatic rings. The summed E-state index contributed by atoms with van der Waals surface area (Å²) in [6, 6.07) is 20.7. The van der Waals surface area contributed by atoms with Gasteiger partial charge in [0, 0.05) is 23.2 Å². The number of aromatic amines is 1. The van der Waals surface area contributed by atoms with Crippen LogP contribution in [0, 0.1) is 0 Å². The second-order valence-corrected chi connectivity index (χ2v) is 9.26. The summed E-state index contributed by atoms with van der Waals surface area (Å²) < 4.78 is 4.84. The molecule has 0 spiro atoms. The number of esters is 1. The number of carbonyl (C=O) groups is 1. The Bertz CT molecular complexity index is 1370. The molecule has 0 saturated heterocycles. The van der Waals surface area contributed by atoms with Crippen LogP contribution >= 0.6 is 0 Å². The van der Waals surface area contributed by atoms with E-state index in [4.69, 9.17) is 26.2 Å². The molecule has 0 aliphatic heterocycles. The fraction of sp³-hybridized carbons (Fsp3) is 0.286. The second-order valence-electron chi connectivity index (χ2n) is 9.26. The number of nitrogens with zero attached hydrogens (tertiary/aromatic N) is 3. The van der Waals surface area contributed by atoms with E-state index in [9.17, 15) is 4.79 Å². The Morgan fingerprint density at radius 1 is 1.08 bits per heavy atom. The van der Waals surface area contributed by atoms with Gasteiger partial charge in [-0.2, -0.15) is 0 Å². The van der Waals surface area contributed by atoms with Gasteiger partial charge in [-0.15, -0.1) is 0 Å². The van der Waals surface area contributed by atoms with Crippen LogP contribution in [0.3, 0.4) is 0 Å². The van der Waals surface area contributed by atoms with Crippen molar-refractivity contribution in [2.45, 2.75) is 24.8 Å². The molecule has 36 heavy (non-hydrogen) atoms. The zero-order chi connectivity index (χ0) is 25.1. The Morgan fingerprint density at radius 2 is 1.83 bits per heavy atom. The first-order chi connectivity index (χ1) is 17.5. The Kier molecular flexibility index (Phi) is 6.63. The Morgan fingerprint density at radius 3 is 2.47 bits per heavy atom. The van der Waals surface area contributed by atoms with E-state index in [2.05, 4.69) is 47.4 Å². The van der Waals surface area contributed by atoms with E-state index in [-0.39, 0.29) is 18.1 Å². The third-order valence-electron chi connectivity index (χ3n) is 6.91. The lowest BCUT2D eigenvalue weighted by Gasteiger charge is -2.38. The molecule has 5 N–H and O–H groups in total. The van der Waals surface area contributed by atoms with Crippen LogP contribution in [0.4, 0.5) is 5.95 Å². The molecule has 2 heterocycles. The maximum Gasteiger partial charge on any atom is 0.394 e. The maximum atomic E-state index is 11.9. The van der Waals surface area contributed by atoms with Crippen LogP contribution in [-0.2, 0) is 15.1 Å². The molecule has 4 aromatic rings. The minimum absolute atomic E-state index is 0.0416. The second kappa shape index (κ2) is 10.0. The lowest BCUT2D eigenvalue weighted by molar-refractivity contribution is -0.366. The zero-order valence-corrected chi connectivity index (χ0v) is 20.4. The monoisotopic (exact) mass is 483 g/mol. The summed E-state index contributed by atoms with van der Waals surface area (Å²) in [6.07, 6.45) is 5.07. The van der Waals surface area contributed by atoms with Crippen LogP contribution in [0.1, 0.15) is 24.8 Å². The van der Waals surface area contributed by atoms with E-state index in [1.165, 1.54) is 13.5 Å². The molecule has 2 aromatic carbocycles. The number of methoxy groups -OCH3 is 1. The molecule has 0 amide bonds. The minimum atomic E-state index is -0.365. The molecule has 0 unspecified atom stereocenters. The first-order valence-electron chi connectivity index (χ1n) is 12.2. The molecule has 184 valence electrons. The number of aromatic nitrogens is 3. The topological polar surface area (TPSA) is 122 Å². The number of rotatable bonds is 8. The first-order valence-corrected chi connectivity index (χ1v) is 12.2. The molecular weight excluding hydrogens is 452 g/mol. The summed E-state index contributed by atoms with van der Waals surface area (Å²) >= 11 is 0. The van der Waals surface area contributed by atoms with E-state index >= 15 is 0 Å². The van der Waals surface area contributed by atoms with Crippen LogP contribution in [0.25, 0.3) is 33.4 Å². The number of carbonyl (C=O) groups excluding carboxylic acids is 1. The first kappa shape index (κ1) is 23.8. The Labute approximate surface area is 210 Å². The van der Waals surface area contributed by atoms with Gasteiger partial charge < -0.3 is 16.2 Å². The van der Waals surface area contributed by atoms with Crippen molar-refractivity contribution in [1.29, 1.82) is 0 Å². The van der Waals surface area contributed by atoms with Crippen molar-refractivity contribution in [3.63, 3.8) is 0 Å². The van der Waals surface area contributed by atoms with Gasteiger partial charge in [-0.25, -0.2) is 19.7 Å². The highest BCUT2D eigenvalue weighted by Crippen LogP contribution is 2.40. The van der Waals surface area contributed by atoms with Gasteiger partial charge in [0.25, 0.3) is 0 Å². The number of fused-ring (bicyclic) bond motifs is 1. The number of nitrogens with two attached hydrogens (primary N) is 2. The molecule has 2 aromatic heterocycles. The normalized spacial score (nSPS) is 14.3. The van der Waals surface area contributed by atoms with Gasteiger partial charge >= 0.3 is 11.9 Å². The van der Waals surface area contributed by atoms with Gasteiger partial charge in [0.15, 0.2) is 6.54 Å². The predicted molar refractivity (Wildman–Crippen MR) is 140 cm³/mol. The third-order valence-corrected chi connectivity index (χ3v) is 6.91. The van der Waals surface area contributed by atoms with Gasteiger partial charge in [-0.1, -0.05) is 59.6 Å². The molecule has 1 fully saturated rings. The van der Waals surface area contributed by atoms with Crippen LogP contribution in [0.5, 0.6) is 0 Å². The maximum absolute atomic E-state index is 11.9. The summed E-state index contributed by atoms with van der Waals surface area (Å²) in [5.74, 6) is 0.144. The van der Waals surface area contributed by atoms with E-state index < -0.39 is 0 Å². The quantitative estimate of drug-likeness (QED) is 0.369. The summed E-state index contributed by atoms with van der Waals surface area (Å²) in [5.41, 5.74) is 17.8. The zero-order valence-electron chi connectivity index (χ0n) is 20.4. The van der Waals surface area contributed by atoms with Crippen molar-refractivity contribution in [3.8, 4) is 22.4 Å². The molecule has 1 aliphatic carbocycles. The van der Waals surface area contributed by atoms with Gasteiger partial charge in [0.05, 0.1) is 30.9 Å². The van der Waals surface area contributed by atoms with Gasteiger partial charge in [-0.3, -0.25) is 0 Å². The molecule has 8 nitrogen and oxygen atoms in total. The van der Waals surface area contributed by atoms with Crippen LogP contribution < -0.4 is 21.4 Å². The lowest BCUT2D eigenvalue weighted by atomic mass is 9.72. The van der Waals surface area contributed by atoms with Crippen LogP contribution in [0.2, 0.25) is 0 Å². The summed E-state index contributed by atoms with van der Waals surface area (Å²) in [7, 11) is 1.36. The van der Waals surface area contributed by atoms with Gasteiger partial charge in [0.2, 0.25) is 5.65 Å². The number of hydrogen-bond donors (Lipinski definition) is 2. The lowest BCUT2D eigenvalue weighted by Crippen LogP contribution is -2.43. The summed E-state index contributed by atoms with van der Waals surface area (Å²) in [4.78, 5) is 26.7. The minimum Gasteiger partial charge on any atom is -0.467 e. The van der Waals surface area contributed by atoms with Crippen molar-refractivity contribution in [1.82, 2.24) is 9.97 Å². The largest absolute Gasteiger partial charge is 0.467 e. The van der Waals surface area contributed by atoms with E-state index in [0.29, 0.717) is 24.7 Å². The van der Waals surface area contributed by atoms with Crippen molar-refractivity contribution >= 4 is 23.0 Å². The van der Waals surface area contributed by atoms with Crippen molar-refractivity contribution in [2.75, 3.05) is 31.6 Å². The molecule has 0 bridgehead atoms. The van der Waals surface area contributed by atoms with Crippen molar-refractivity contribution < 1.29 is 14.5 Å². The number of ether oxygens (including phenoxy) is 1. The van der Waals surface area contributed by atoms with E-state index in [1.807, 2.05) is 24.4 Å². The number of pyridine rings is 1. The Balaban J connectivity index is 1.61. The molecular formula is C28H31N6O2+. The molecule has 1 saturated carbocycles. The number of H-pyrrole nitrogens is 1. The van der Waals surface area contributed by atoms with Gasteiger partial charge in [0.1, 0.15) is 0 Å².